The maximum absolute atomic E-state index is 11.9. The molecule has 0 aliphatic heterocycles. The Hall–Kier alpha value is -3.39. The van der Waals surface area contributed by atoms with Gasteiger partial charge < -0.3 is 21.3 Å². The summed E-state index contributed by atoms with van der Waals surface area (Å²) in [5, 5.41) is 10.4. The van der Waals surface area contributed by atoms with E-state index < -0.39 is 17.7 Å². The Morgan fingerprint density at radius 2 is 1.46 bits per heavy atom. The molecule has 2 rings (SSSR count). The molecule has 0 radical (unpaired) electrons. The van der Waals surface area contributed by atoms with E-state index >= 15 is 0 Å². The van der Waals surface area contributed by atoms with Crippen LogP contribution in [0.5, 0.6) is 0 Å². The quantitative estimate of drug-likeness (QED) is 0.574. The maximum atomic E-state index is 11.9. The molecular weight excluding hydrogens is 384 g/mol. The number of rotatable bonds is 5. The molecule has 0 atom stereocenters. The van der Waals surface area contributed by atoms with Crippen molar-refractivity contribution < 1.29 is 19.2 Å². The maximum Gasteiger partial charge on any atom is 0.313 e. The smallest absolute Gasteiger partial charge is 0.313 e. The Morgan fingerprint density at radius 3 is 2.04 bits per heavy atom. The van der Waals surface area contributed by atoms with E-state index in [9.17, 15) is 19.2 Å². The number of anilines is 3. The van der Waals surface area contributed by atoms with E-state index in [4.69, 9.17) is 11.6 Å². The van der Waals surface area contributed by atoms with Gasteiger partial charge in [0, 0.05) is 29.0 Å². The Labute approximate surface area is 166 Å². The summed E-state index contributed by atoms with van der Waals surface area (Å²) in [5.41, 5.74) is 2.26. The zero-order valence-electron chi connectivity index (χ0n) is 15.3. The third-order valence-electron chi connectivity index (χ3n) is 3.54. The molecule has 9 heteroatoms. The molecular formula is C19H19ClN4O4. The molecule has 0 aliphatic rings. The average Bonchev–Trinajstić information content (AvgIpc) is 2.63. The molecule has 0 bridgehead atoms. The minimum Gasteiger partial charge on any atom is -0.339 e. The van der Waals surface area contributed by atoms with Crippen LogP contribution in [0, 0.1) is 6.92 Å². The lowest BCUT2D eigenvalue weighted by atomic mass is 10.2. The topological polar surface area (TPSA) is 116 Å². The minimum absolute atomic E-state index is 0.219. The van der Waals surface area contributed by atoms with Gasteiger partial charge in [0.05, 0.1) is 6.54 Å². The predicted octanol–water partition coefficient (Wildman–Crippen LogP) is 2.30. The van der Waals surface area contributed by atoms with E-state index in [0.29, 0.717) is 22.1 Å². The number of carbonyl (C=O) groups excluding carboxylic acids is 4. The molecule has 2 aromatic rings. The van der Waals surface area contributed by atoms with Crippen LogP contribution in [0.3, 0.4) is 0 Å². The van der Waals surface area contributed by atoms with E-state index in [-0.39, 0.29) is 12.5 Å². The van der Waals surface area contributed by atoms with Gasteiger partial charge in [0.25, 0.3) is 0 Å². The zero-order valence-corrected chi connectivity index (χ0v) is 16.0. The van der Waals surface area contributed by atoms with Crippen molar-refractivity contribution in [3.05, 3.63) is 53.1 Å². The second kappa shape index (κ2) is 9.52. The highest BCUT2D eigenvalue weighted by atomic mass is 35.5. The van der Waals surface area contributed by atoms with Gasteiger partial charge in [0.2, 0.25) is 11.8 Å². The Bertz CT molecular complexity index is 913. The van der Waals surface area contributed by atoms with E-state index in [1.807, 2.05) is 0 Å². The largest absolute Gasteiger partial charge is 0.339 e. The fourth-order valence-electron chi connectivity index (χ4n) is 2.23. The highest BCUT2D eigenvalue weighted by molar-refractivity contribution is 6.40. The summed E-state index contributed by atoms with van der Waals surface area (Å²) in [7, 11) is 0. The number of benzene rings is 2. The number of nitrogens with one attached hydrogen (secondary N) is 4. The highest BCUT2D eigenvalue weighted by Crippen LogP contribution is 2.19. The van der Waals surface area contributed by atoms with Gasteiger partial charge in [-0.1, -0.05) is 11.6 Å². The van der Waals surface area contributed by atoms with Gasteiger partial charge in [-0.05, 0) is 55.0 Å². The molecule has 0 unspecified atom stereocenters. The van der Waals surface area contributed by atoms with Gasteiger partial charge in [-0.2, -0.15) is 0 Å². The van der Waals surface area contributed by atoms with Gasteiger partial charge in [-0.25, -0.2) is 0 Å². The molecule has 146 valence electrons. The lowest BCUT2D eigenvalue weighted by Gasteiger charge is -2.10. The first-order chi connectivity index (χ1) is 13.2. The Kier molecular flexibility index (Phi) is 7.11. The van der Waals surface area contributed by atoms with Crippen molar-refractivity contribution in [2.24, 2.45) is 0 Å². The number of hydrogen-bond donors (Lipinski definition) is 4. The molecule has 0 aliphatic carbocycles. The number of carbonyl (C=O) groups is 4. The monoisotopic (exact) mass is 402 g/mol. The summed E-state index contributed by atoms with van der Waals surface area (Å²) in [6.07, 6.45) is 0. The molecule has 0 fully saturated rings. The van der Waals surface area contributed by atoms with Gasteiger partial charge in [0.15, 0.2) is 0 Å². The molecule has 4 N–H and O–H groups in total. The fraction of sp³-hybridized carbons (Fsp3) is 0.158. The summed E-state index contributed by atoms with van der Waals surface area (Å²) in [6.45, 7) is 2.80. The predicted molar refractivity (Wildman–Crippen MR) is 107 cm³/mol. The van der Waals surface area contributed by atoms with Gasteiger partial charge in [-0.15, -0.1) is 0 Å². The SMILES string of the molecule is CC(=O)Nc1ccc(NC(=O)C(=O)NCC(=O)Nc2ccc(Cl)cc2C)cc1. The van der Waals surface area contributed by atoms with Crippen molar-refractivity contribution in [3.8, 4) is 0 Å². The second-order valence-electron chi connectivity index (χ2n) is 5.90. The normalized spacial score (nSPS) is 9.96. The summed E-state index contributed by atoms with van der Waals surface area (Å²) >= 11 is 5.86. The highest BCUT2D eigenvalue weighted by Gasteiger charge is 2.15. The van der Waals surface area contributed by atoms with Crippen molar-refractivity contribution in [1.29, 1.82) is 0 Å². The van der Waals surface area contributed by atoms with Crippen molar-refractivity contribution in [2.45, 2.75) is 13.8 Å². The van der Waals surface area contributed by atoms with E-state index in [0.717, 1.165) is 5.56 Å². The van der Waals surface area contributed by atoms with E-state index in [1.54, 1.807) is 37.3 Å². The summed E-state index contributed by atoms with van der Waals surface area (Å²) < 4.78 is 0. The minimum atomic E-state index is -0.950. The molecule has 0 spiro atoms. The molecule has 0 aromatic heterocycles. The molecule has 2 aromatic carbocycles. The van der Waals surface area contributed by atoms with Crippen LogP contribution in [0.2, 0.25) is 5.02 Å². The second-order valence-corrected chi connectivity index (χ2v) is 6.34. The molecule has 28 heavy (non-hydrogen) atoms. The van der Waals surface area contributed by atoms with Crippen LogP contribution in [0.1, 0.15) is 12.5 Å². The van der Waals surface area contributed by atoms with Crippen LogP contribution in [0.25, 0.3) is 0 Å². The van der Waals surface area contributed by atoms with Crippen molar-refractivity contribution in [2.75, 3.05) is 22.5 Å². The van der Waals surface area contributed by atoms with Gasteiger partial charge in [0.1, 0.15) is 0 Å². The number of halogens is 1. The van der Waals surface area contributed by atoms with Gasteiger partial charge in [-0.3, -0.25) is 19.2 Å². The fourth-order valence-corrected chi connectivity index (χ4v) is 2.46. The molecule has 4 amide bonds. The number of amides is 4. The third-order valence-corrected chi connectivity index (χ3v) is 3.78. The van der Waals surface area contributed by atoms with Crippen molar-refractivity contribution in [3.63, 3.8) is 0 Å². The van der Waals surface area contributed by atoms with Crippen LogP contribution in [-0.2, 0) is 19.2 Å². The molecule has 0 saturated carbocycles. The van der Waals surface area contributed by atoms with Crippen molar-refractivity contribution in [1.82, 2.24) is 5.32 Å². The Morgan fingerprint density at radius 1 is 0.857 bits per heavy atom. The Balaban J connectivity index is 1.82. The van der Waals surface area contributed by atoms with Crippen LogP contribution in [-0.4, -0.2) is 30.2 Å². The van der Waals surface area contributed by atoms with Crippen LogP contribution in [0.15, 0.2) is 42.5 Å². The zero-order chi connectivity index (χ0) is 20.7. The standard InChI is InChI=1S/C19H19ClN4O4/c1-11-9-13(20)3-8-16(11)24-17(26)10-21-18(27)19(28)23-15-6-4-14(5-7-15)22-12(2)25/h3-9H,10H2,1-2H3,(H,21,27)(H,22,25)(H,23,28)(H,24,26). The van der Waals surface area contributed by atoms with Crippen molar-refractivity contribution >= 4 is 52.3 Å². The first kappa shape index (κ1) is 20.9. The van der Waals surface area contributed by atoms with Gasteiger partial charge >= 0.3 is 11.8 Å². The van der Waals surface area contributed by atoms with Crippen LogP contribution in [0.4, 0.5) is 17.1 Å². The van der Waals surface area contributed by atoms with Crippen LogP contribution < -0.4 is 21.3 Å². The third kappa shape index (κ3) is 6.40. The summed E-state index contributed by atoms with van der Waals surface area (Å²) in [5.74, 6) is -2.56. The summed E-state index contributed by atoms with van der Waals surface area (Å²) in [4.78, 5) is 46.7. The molecule has 0 saturated heterocycles. The molecule has 0 heterocycles. The lowest BCUT2D eigenvalue weighted by Crippen LogP contribution is -2.39. The van der Waals surface area contributed by atoms with E-state index in [1.165, 1.54) is 19.1 Å². The first-order valence-electron chi connectivity index (χ1n) is 8.27. The average molecular weight is 403 g/mol. The molecule has 8 nitrogen and oxygen atoms in total. The number of aryl methyl sites for hydroxylation is 1. The summed E-state index contributed by atoms with van der Waals surface area (Å²) in [6, 6.07) is 11.2. The first-order valence-corrected chi connectivity index (χ1v) is 8.65. The van der Waals surface area contributed by atoms with E-state index in [2.05, 4.69) is 21.3 Å². The van der Waals surface area contributed by atoms with Crippen LogP contribution >= 0.6 is 11.6 Å². The lowest BCUT2D eigenvalue weighted by molar-refractivity contribution is -0.136. The number of hydrogen-bond acceptors (Lipinski definition) is 4.